The number of halogens is 2. The Bertz CT molecular complexity index is 838. The highest BCUT2D eigenvalue weighted by Crippen LogP contribution is 2.23. The second-order valence-corrected chi connectivity index (χ2v) is 7.54. The number of rotatable bonds is 3. The molecule has 0 saturated heterocycles. The molecule has 106 valence electrons. The summed E-state index contributed by atoms with van der Waals surface area (Å²) in [4.78, 5) is 12.9. The summed E-state index contributed by atoms with van der Waals surface area (Å²) < 4.78 is 7.43. The van der Waals surface area contributed by atoms with Crippen LogP contribution in [0.15, 0.2) is 54.2 Å². The molecule has 21 heavy (non-hydrogen) atoms. The minimum absolute atomic E-state index is 0.229. The lowest BCUT2D eigenvalue weighted by atomic mass is 10.2. The van der Waals surface area contributed by atoms with E-state index in [1.165, 1.54) is 11.3 Å². The summed E-state index contributed by atoms with van der Waals surface area (Å²) >= 11 is 8.27. The SMILES string of the molecule is O=C(NN=Cc1ccc(Br)s1)c1cc2cc(Br)ccc2o1. The molecule has 0 bridgehead atoms. The van der Waals surface area contributed by atoms with Crippen LogP contribution < -0.4 is 5.43 Å². The van der Waals surface area contributed by atoms with Crippen molar-refractivity contribution in [3.05, 3.63) is 55.3 Å². The first-order valence-corrected chi connectivity index (χ1v) is 8.30. The lowest BCUT2D eigenvalue weighted by molar-refractivity contribution is 0.0929. The number of thiophene rings is 1. The number of hydrogen-bond acceptors (Lipinski definition) is 4. The van der Waals surface area contributed by atoms with Crippen LogP contribution in [0.2, 0.25) is 0 Å². The van der Waals surface area contributed by atoms with Crippen LogP contribution in [0.1, 0.15) is 15.4 Å². The molecular weight excluding hydrogens is 420 g/mol. The molecule has 2 heterocycles. The van der Waals surface area contributed by atoms with Crippen molar-refractivity contribution in [2.75, 3.05) is 0 Å². The van der Waals surface area contributed by atoms with Gasteiger partial charge in [-0.3, -0.25) is 4.79 Å². The molecule has 0 aliphatic rings. The van der Waals surface area contributed by atoms with E-state index in [1.54, 1.807) is 12.3 Å². The summed E-state index contributed by atoms with van der Waals surface area (Å²) in [6, 6.07) is 11.1. The maximum atomic E-state index is 12.0. The molecule has 0 saturated carbocycles. The highest BCUT2D eigenvalue weighted by Gasteiger charge is 2.11. The zero-order chi connectivity index (χ0) is 14.8. The fourth-order valence-electron chi connectivity index (χ4n) is 1.73. The molecule has 2 aromatic heterocycles. The van der Waals surface area contributed by atoms with E-state index >= 15 is 0 Å². The first-order valence-electron chi connectivity index (χ1n) is 5.90. The van der Waals surface area contributed by atoms with Gasteiger partial charge < -0.3 is 4.42 Å². The minimum Gasteiger partial charge on any atom is -0.451 e. The van der Waals surface area contributed by atoms with Crippen LogP contribution in [0, 0.1) is 0 Å². The van der Waals surface area contributed by atoms with Gasteiger partial charge >= 0.3 is 5.91 Å². The molecule has 0 unspecified atom stereocenters. The third kappa shape index (κ3) is 3.42. The maximum Gasteiger partial charge on any atom is 0.307 e. The summed E-state index contributed by atoms with van der Waals surface area (Å²) in [7, 11) is 0. The first-order chi connectivity index (χ1) is 10.1. The fraction of sp³-hybridized carbons (Fsp3) is 0. The van der Waals surface area contributed by atoms with Crippen molar-refractivity contribution < 1.29 is 9.21 Å². The summed E-state index contributed by atoms with van der Waals surface area (Å²) in [5.41, 5.74) is 3.11. The van der Waals surface area contributed by atoms with Gasteiger partial charge in [0.2, 0.25) is 0 Å². The summed E-state index contributed by atoms with van der Waals surface area (Å²) in [5, 5.41) is 4.78. The van der Waals surface area contributed by atoms with Crippen LogP contribution in [0.4, 0.5) is 0 Å². The first kappa shape index (κ1) is 14.5. The highest BCUT2D eigenvalue weighted by atomic mass is 79.9. The van der Waals surface area contributed by atoms with E-state index < -0.39 is 0 Å². The van der Waals surface area contributed by atoms with Crippen molar-refractivity contribution >= 4 is 66.3 Å². The number of amides is 1. The van der Waals surface area contributed by atoms with E-state index in [1.807, 2.05) is 30.3 Å². The van der Waals surface area contributed by atoms with Gasteiger partial charge in [-0.2, -0.15) is 5.10 Å². The number of nitrogens with one attached hydrogen (secondary N) is 1. The van der Waals surface area contributed by atoms with Gasteiger partial charge in [0.05, 0.1) is 10.0 Å². The van der Waals surface area contributed by atoms with Crippen LogP contribution in [-0.2, 0) is 0 Å². The Morgan fingerprint density at radius 2 is 2.10 bits per heavy atom. The zero-order valence-electron chi connectivity index (χ0n) is 10.5. The molecular formula is C14H8Br2N2O2S. The minimum atomic E-state index is -0.380. The Labute approximate surface area is 141 Å². The van der Waals surface area contributed by atoms with Crippen molar-refractivity contribution in [2.45, 2.75) is 0 Å². The van der Waals surface area contributed by atoms with Crippen molar-refractivity contribution in [3.8, 4) is 0 Å². The molecule has 1 aromatic carbocycles. The second-order valence-electron chi connectivity index (χ2n) is 4.13. The maximum absolute atomic E-state index is 12.0. The van der Waals surface area contributed by atoms with Gasteiger partial charge in [-0.1, -0.05) is 15.9 Å². The van der Waals surface area contributed by atoms with E-state index in [4.69, 9.17) is 4.42 Å². The fourth-order valence-corrected chi connectivity index (χ4v) is 3.41. The van der Waals surface area contributed by atoms with Gasteiger partial charge in [0.15, 0.2) is 5.76 Å². The number of nitrogens with zero attached hydrogens (tertiary/aromatic N) is 1. The standard InChI is InChI=1S/C14H8Br2N2O2S/c15-9-1-3-11-8(5-9)6-12(20-11)14(19)18-17-7-10-2-4-13(16)21-10/h1-7H,(H,18,19). The number of fused-ring (bicyclic) bond motifs is 1. The number of benzene rings is 1. The van der Waals surface area contributed by atoms with Crippen LogP contribution in [-0.4, -0.2) is 12.1 Å². The molecule has 3 rings (SSSR count). The van der Waals surface area contributed by atoms with E-state index in [0.717, 1.165) is 18.5 Å². The van der Waals surface area contributed by atoms with E-state index in [-0.39, 0.29) is 11.7 Å². The molecule has 0 fully saturated rings. The lowest BCUT2D eigenvalue weighted by Gasteiger charge is -1.93. The molecule has 7 heteroatoms. The van der Waals surface area contributed by atoms with Gasteiger partial charge in [0, 0.05) is 14.7 Å². The quantitative estimate of drug-likeness (QED) is 0.482. The van der Waals surface area contributed by atoms with Gasteiger partial charge in [-0.25, -0.2) is 5.43 Å². The van der Waals surface area contributed by atoms with E-state index in [0.29, 0.717) is 5.58 Å². The molecule has 0 atom stereocenters. The van der Waals surface area contributed by atoms with Crippen molar-refractivity contribution in [2.24, 2.45) is 5.10 Å². The number of hydrogen-bond donors (Lipinski definition) is 1. The molecule has 0 spiro atoms. The third-order valence-corrected chi connectivity index (χ3v) is 4.71. The van der Waals surface area contributed by atoms with E-state index in [9.17, 15) is 4.79 Å². The summed E-state index contributed by atoms with van der Waals surface area (Å²) in [6.07, 6.45) is 1.59. The molecule has 3 aromatic rings. The average molecular weight is 428 g/mol. The Morgan fingerprint density at radius 3 is 2.86 bits per heavy atom. The largest absolute Gasteiger partial charge is 0.451 e. The van der Waals surface area contributed by atoms with Gasteiger partial charge in [-0.05, 0) is 52.3 Å². The number of carbonyl (C=O) groups excluding carboxylic acids is 1. The second kappa shape index (κ2) is 6.13. The van der Waals surface area contributed by atoms with Gasteiger partial charge in [-0.15, -0.1) is 11.3 Å². The summed E-state index contributed by atoms with van der Waals surface area (Å²) in [5.74, 6) is -0.151. The Kier molecular flexibility index (Phi) is 4.23. The lowest BCUT2D eigenvalue weighted by Crippen LogP contribution is -2.16. The topological polar surface area (TPSA) is 54.6 Å². The molecule has 0 aliphatic heterocycles. The average Bonchev–Trinajstić information content (AvgIpc) is 3.04. The molecule has 0 radical (unpaired) electrons. The molecule has 1 amide bonds. The normalized spacial score (nSPS) is 11.3. The predicted molar refractivity (Wildman–Crippen MR) is 91.0 cm³/mol. The smallest absolute Gasteiger partial charge is 0.307 e. The molecule has 4 nitrogen and oxygen atoms in total. The Hall–Kier alpha value is -1.44. The van der Waals surface area contributed by atoms with Crippen molar-refractivity contribution in [1.29, 1.82) is 0 Å². The van der Waals surface area contributed by atoms with Crippen LogP contribution in [0.25, 0.3) is 11.0 Å². The number of carbonyl (C=O) groups is 1. The van der Waals surface area contributed by atoms with Crippen LogP contribution in [0.3, 0.4) is 0 Å². The van der Waals surface area contributed by atoms with Crippen LogP contribution in [0.5, 0.6) is 0 Å². The molecule has 1 N–H and O–H groups in total. The van der Waals surface area contributed by atoms with Crippen LogP contribution >= 0.6 is 43.2 Å². The summed E-state index contributed by atoms with van der Waals surface area (Å²) in [6.45, 7) is 0. The van der Waals surface area contributed by atoms with Crippen molar-refractivity contribution in [3.63, 3.8) is 0 Å². The predicted octanol–water partition coefficient (Wildman–Crippen LogP) is 4.78. The third-order valence-electron chi connectivity index (χ3n) is 2.65. The monoisotopic (exact) mass is 426 g/mol. The number of furan rings is 1. The molecule has 0 aliphatic carbocycles. The van der Waals surface area contributed by atoms with Gasteiger partial charge in [0.25, 0.3) is 0 Å². The highest BCUT2D eigenvalue weighted by molar-refractivity contribution is 9.11. The van der Waals surface area contributed by atoms with Crippen molar-refractivity contribution in [1.82, 2.24) is 5.43 Å². The van der Waals surface area contributed by atoms with E-state index in [2.05, 4.69) is 42.4 Å². The number of hydrazone groups is 1. The Balaban J connectivity index is 1.73. The van der Waals surface area contributed by atoms with Gasteiger partial charge in [0.1, 0.15) is 5.58 Å². The zero-order valence-corrected chi connectivity index (χ0v) is 14.5. The Morgan fingerprint density at radius 1 is 1.24 bits per heavy atom.